The molecule has 0 saturated carbocycles. The number of hydrogen-bond acceptors (Lipinski definition) is 4. The van der Waals surface area contributed by atoms with Gasteiger partial charge in [0.15, 0.2) is 0 Å². The van der Waals surface area contributed by atoms with E-state index in [1.54, 1.807) is 0 Å². The van der Waals surface area contributed by atoms with Gasteiger partial charge >= 0.3 is 222 Å². The first kappa shape index (κ1) is 34.1. The summed E-state index contributed by atoms with van der Waals surface area (Å²) >= 11 is -6.14. The van der Waals surface area contributed by atoms with Gasteiger partial charge in [-0.1, -0.05) is 0 Å². The van der Waals surface area contributed by atoms with Gasteiger partial charge in [-0.05, 0) is 0 Å². The predicted molar refractivity (Wildman–Crippen MR) is 150 cm³/mol. The van der Waals surface area contributed by atoms with Crippen molar-refractivity contribution in [1.29, 1.82) is 0 Å². The first-order valence-electron chi connectivity index (χ1n) is 14.3. The van der Waals surface area contributed by atoms with Crippen LogP contribution in [0.15, 0.2) is 0 Å². The summed E-state index contributed by atoms with van der Waals surface area (Å²) < 4.78 is 18.9. The van der Waals surface area contributed by atoms with Crippen LogP contribution in [0.2, 0.25) is 26.6 Å². The van der Waals surface area contributed by atoms with Crippen LogP contribution in [0.25, 0.3) is 0 Å². The molecule has 0 rings (SSSR count). The zero-order valence-electron chi connectivity index (χ0n) is 23.4. The zero-order chi connectivity index (χ0) is 25.7. The third-order valence-electron chi connectivity index (χ3n) is 6.80. The molecule has 199 valence electrons. The molecular weight excluding hydrogens is 638 g/mol. The minimum absolute atomic E-state index is 0.479. The molecule has 0 fully saturated rings. The van der Waals surface area contributed by atoms with Crippen molar-refractivity contribution >= 4 is 49.5 Å². The molecule has 0 saturated heterocycles. The van der Waals surface area contributed by atoms with Gasteiger partial charge in [-0.3, -0.25) is 0 Å². The summed E-state index contributed by atoms with van der Waals surface area (Å²) in [6.07, 6.45) is 13.4. The van der Waals surface area contributed by atoms with Gasteiger partial charge in [0.05, 0.1) is 0 Å². The van der Waals surface area contributed by atoms with Crippen LogP contribution in [0.4, 0.5) is 0 Å². The van der Waals surface area contributed by atoms with Gasteiger partial charge in [0.25, 0.3) is 0 Å². The Balaban J connectivity index is 5.49. The Hall–Kier alpha value is 0.0974. The summed E-state index contributed by atoms with van der Waals surface area (Å²) in [6.45, 7) is 13.2. The van der Waals surface area contributed by atoms with E-state index in [-0.39, 0.29) is 0 Å². The molecule has 0 heterocycles. The van der Waals surface area contributed by atoms with Crippen LogP contribution in [-0.4, -0.2) is 49.5 Å². The molecule has 0 amide bonds. The SMILES string of the molecule is CCC[CH2][Sn]([CH2]CCC)([CH2]CCC)[O]C(=O)C#CC(=O)[O][Sn-]([CH2]CCC)([CH2]CCC)[CH2]CCC. The predicted octanol–water partition coefficient (Wildman–Crippen LogP) is 8.77. The summed E-state index contributed by atoms with van der Waals surface area (Å²) in [4.78, 5) is 25.6. The fraction of sp³-hybridized carbons (Fsp3) is 0.857. The fourth-order valence-electron chi connectivity index (χ4n) is 4.60. The third-order valence-corrected chi connectivity index (χ3v) is 32.0. The second-order valence-electron chi connectivity index (χ2n) is 10.0. The molecule has 0 aliphatic carbocycles. The van der Waals surface area contributed by atoms with E-state index in [1.165, 1.54) is 0 Å². The van der Waals surface area contributed by atoms with Gasteiger partial charge in [0.1, 0.15) is 0 Å². The van der Waals surface area contributed by atoms with Gasteiger partial charge in [0.2, 0.25) is 0 Å². The quantitative estimate of drug-likeness (QED) is 0.0947. The average molecular weight is 692 g/mol. The summed E-state index contributed by atoms with van der Waals surface area (Å²) in [5.74, 6) is 4.16. The molecule has 0 spiro atoms. The van der Waals surface area contributed by atoms with Gasteiger partial charge in [-0.25, -0.2) is 0 Å². The summed E-state index contributed by atoms with van der Waals surface area (Å²) in [5.41, 5.74) is 0. The Morgan fingerprint density at radius 1 is 0.588 bits per heavy atom. The van der Waals surface area contributed by atoms with Gasteiger partial charge < -0.3 is 0 Å². The zero-order valence-corrected chi connectivity index (χ0v) is 29.1. The summed E-state index contributed by atoms with van der Waals surface area (Å²) in [5, 5.41) is 0. The second-order valence-corrected chi connectivity index (χ2v) is 33.2. The van der Waals surface area contributed by atoms with Crippen LogP contribution >= 0.6 is 0 Å². The number of carbonyl (C=O) groups is 2. The minimum atomic E-state index is -3.07. The molecule has 0 aliphatic rings. The van der Waals surface area contributed by atoms with E-state index in [9.17, 15) is 9.59 Å². The Kier molecular flexibility index (Phi) is 21.3. The van der Waals surface area contributed by atoms with Crippen LogP contribution < -0.4 is 0 Å². The number of carbonyl (C=O) groups excluding carboxylic acids is 2. The first-order valence-corrected chi connectivity index (χ1v) is 28.8. The Bertz CT molecular complexity index is 516. The van der Waals surface area contributed by atoms with E-state index in [4.69, 9.17) is 6.15 Å². The van der Waals surface area contributed by atoms with Crippen LogP contribution in [0.5, 0.6) is 0 Å². The fourth-order valence-corrected chi connectivity index (χ4v) is 30.2. The van der Waals surface area contributed by atoms with Crippen LogP contribution in [0, 0.1) is 11.8 Å². The third kappa shape index (κ3) is 15.3. The van der Waals surface area contributed by atoms with E-state index < -0.39 is 49.5 Å². The van der Waals surface area contributed by atoms with Crippen molar-refractivity contribution in [3.8, 4) is 11.8 Å². The van der Waals surface area contributed by atoms with Crippen LogP contribution in [-0.2, 0) is 15.7 Å². The van der Waals surface area contributed by atoms with Gasteiger partial charge in [0, 0.05) is 0 Å². The van der Waals surface area contributed by atoms with Gasteiger partial charge in [-0.15, -0.1) is 0 Å². The van der Waals surface area contributed by atoms with E-state index in [0.29, 0.717) is 0 Å². The molecule has 0 aromatic carbocycles. The molecule has 0 aromatic rings. The number of unbranched alkanes of at least 4 members (excludes halogenated alkanes) is 6. The second kappa shape index (κ2) is 21.2. The maximum absolute atomic E-state index is 12.8. The van der Waals surface area contributed by atoms with E-state index >= 15 is 0 Å². The summed E-state index contributed by atoms with van der Waals surface area (Å²) in [6, 6.07) is 0. The molecule has 0 radical (unpaired) electrons. The monoisotopic (exact) mass is 694 g/mol. The molecule has 6 heteroatoms. The van der Waals surface area contributed by atoms with Crippen molar-refractivity contribution < 1.29 is 15.7 Å². The van der Waals surface area contributed by atoms with Crippen molar-refractivity contribution in [2.75, 3.05) is 0 Å². The molecule has 34 heavy (non-hydrogen) atoms. The summed E-state index contributed by atoms with van der Waals surface area (Å²) in [7, 11) is 0. The van der Waals surface area contributed by atoms with Crippen molar-refractivity contribution in [1.82, 2.24) is 0 Å². The van der Waals surface area contributed by atoms with Crippen molar-refractivity contribution in [2.24, 2.45) is 0 Å². The molecule has 4 nitrogen and oxygen atoms in total. The topological polar surface area (TPSA) is 52.6 Å². The standard InChI is InChI=1S/C4H2O4.6C4H9.2Sn/c5-3(6)1-2-4(7)8;6*1-3-4-2;;/h(H,5,6)(H,7,8);6*1,3-4H2,2H3;;/q;;;;;;;;+1/p-2. The number of rotatable bonds is 20. The first-order chi connectivity index (χ1) is 16.4. The molecular formula is C28H54O4Sn2-. The Labute approximate surface area is 220 Å². The molecule has 0 unspecified atom stereocenters. The normalized spacial score (nSPS) is 11.6. The average Bonchev–Trinajstić information content (AvgIpc) is 2.84. The van der Waals surface area contributed by atoms with E-state index in [0.717, 1.165) is 104 Å². The maximum atomic E-state index is 12.8. The molecule has 0 atom stereocenters. The Morgan fingerprint density at radius 2 is 0.941 bits per heavy atom. The molecule has 0 aliphatic heterocycles. The van der Waals surface area contributed by atoms with Crippen molar-refractivity contribution in [3.05, 3.63) is 0 Å². The van der Waals surface area contributed by atoms with E-state index in [2.05, 4.69) is 53.4 Å². The molecule has 0 bridgehead atoms. The van der Waals surface area contributed by atoms with Crippen LogP contribution in [0.3, 0.4) is 0 Å². The molecule has 0 N–H and O–H groups in total. The van der Waals surface area contributed by atoms with E-state index in [1.807, 2.05) is 0 Å². The van der Waals surface area contributed by atoms with Crippen molar-refractivity contribution in [2.45, 2.75) is 145 Å². The Morgan fingerprint density at radius 3 is 1.29 bits per heavy atom. The van der Waals surface area contributed by atoms with Crippen molar-refractivity contribution in [3.63, 3.8) is 0 Å². The van der Waals surface area contributed by atoms with Gasteiger partial charge in [-0.2, -0.15) is 0 Å². The number of hydrogen-bond donors (Lipinski definition) is 0. The van der Waals surface area contributed by atoms with Crippen LogP contribution in [0.1, 0.15) is 119 Å². The molecule has 0 aromatic heterocycles.